The molecule has 140 valence electrons. The van der Waals surface area contributed by atoms with E-state index in [1.807, 2.05) is 0 Å². The molecule has 28 heavy (non-hydrogen) atoms. The summed E-state index contributed by atoms with van der Waals surface area (Å²) < 4.78 is 15.2. The normalized spacial score (nSPS) is 17.8. The lowest BCUT2D eigenvalue weighted by Gasteiger charge is -2.10. The van der Waals surface area contributed by atoms with E-state index in [2.05, 4.69) is 31.0 Å². The smallest absolute Gasteiger partial charge is 0.326 e. The number of urea groups is 1. The molecule has 2 fully saturated rings. The first kappa shape index (κ1) is 16.4. The average molecular weight is 379 g/mol. The Morgan fingerprint density at radius 3 is 2.82 bits per heavy atom. The Bertz CT molecular complexity index is 1170. The molecule has 3 aromatic rings. The molecule has 0 unspecified atom stereocenters. The van der Waals surface area contributed by atoms with Crippen molar-refractivity contribution in [2.45, 2.75) is 18.9 Å². The number of anilines is 1. The van der Waals surface area contributed by atoms with E-state index in [1.165, 1.54) is 18.3 Å². The van der Waals surface area contributed by atoms with Crippen LogP contribution in [0.4, 0.5) is 15.0 Å². The first-order chi connectivity index (χ1) is 13.6. The van der Waals surface area contributed by atoms with Crippen molar-refractivity contribution in [3.05, 3.63) is 47.8 Å². The zero-order valence-corrected chi connectivity index (χ0v) is 14.4. The van der Waals surface area contributed by atoms with Crippen LogP contribution in [-0.2, 0) is 4.79 Å². The minimum atomic E-state index is -0.600. The van der Waals surface area contributed by atoms with E-state index in [0.717, 1.165) is 12.8 Å². The second-order valence-corrected chi connectivity index (χ2v) is 6.61. The number of carbonyl (C=O) groups is 2. The summed E-state index contributed by atoms with van der Waals surface area (Å²) in [5, 5.41) is 12.3. The van der Waals surface area contributed by atoms with Crippen molar-refractivity contribution in [3.8, 4) is 11.3 Å². The number of amides is 3. The second-order valence-electron chi connectivity index (χ2n) is 6.61. The molecule has 3 N–H and O–H groups in total. The highest BCUT2D eigenvalue weighted by Gasteiger charge is 2.25. The maximum absolute atomic E-state index is 13.6. The third-order valence-electron chi connectivity index (χ3n) is 4.47. The highest BCUT2D eigenvalue weighted by Crippen LogP contribution is 2.29. The zero-order chi connectivity index (χ0) is 19.3. The van der Waals surface area contributed by atoms with Gasteiger partial charge in [-0.05, 0) is 25.0 Å². The molecule has 9 nitrogen and oxygen atoms in total. The fraction of sp³-hybridized carbons (Fsp3) is 0.167. The predicted molar refractivity (Wildman–Crippen MR) is 97.5 cm³/mol. The van der Waals surface area contributed by atoms with Gasteiger partial charge in [-0.1, -0.05) is 0 Å². The van der Waals surface area contributed by atoms with Gasteiger partial charge in [0.25, 0.3) is 5.91 Å². The van der Waals surface area contributed by atoms with Crippen LogP contribution in [0.5, 0.6) is 0 Å². The number of hydrogen-bond donors (Lipinski definition) is 3. The zero-order valence-electron chi connectivity index (χ0n) is 14.4. The van der Waals surface area contributed by atoms with Gasteiger partial charge in [0.2, 0.25) is 5.95 Å². The summed E-state index contributed by atoms with van der Waals surface area (Å²) in [5.74, 6) is -0.408. The maximum atomic E-state index is 13.6. The molecule has 1 saturated carbocycles. The fourth-order valence-electron chi connectivity index (χ4n) is 2.97. The van der Waals surface area contributed by atoms with Gasteiger partial charge in [0, 0.05) is 35.5 Å². The minimum absolute atomic E-state index is 0.110. The van der Waals surface area contributed by atoms with E-state index in [0.29, 0.717) is 34.3 Å². The third-order valence-corrected chi connectivity index (χ3v) is 4.47. The molecule has 3 aromatic heterocycles. The van der Waals surface area contributed by atoms with Crippen molar-refractivity contribution in [3.63, 3.8) is 0 Å². The number of rotatable bonds is 4. The van der Waals surface area contributed by atoms with Crippen LogP contribution >= 0.6 is 0 Å². The summed E-state index contributed by atoms with van der Waals surface area (Å²) in [6.07, 6.45) is 6.57. The van der Waals surface area contributed by atoms with E-state index in [9.17, 15) is 14.0 Å². The van der Waals surface area contributed by atoms with Gasteiger partial charge >= 0.3 is 6.03 Å². The molecule has 4 heterocycles. The molecule has 0 aromatic carbocycles. The largest absolute Gasteiger partial charge is 0.367 e. The lowest BCUT2D eigenvalue weighted by Crippen LogP contribution is -2.22. The Labute approximate surface area is 157 Å². The van der Waals surface area contributed by atoms with E-state index < -0.39 is 17.9 Å². The summed E-state index contributed by atoms with van der Waals surface area (Å²) >= 11 is 0. The maximum Gasteiger partial charge on any atom is 0.326 e. The third kappa shape index (κ3) is 2.94. The van der Waals surface area contributed by atoms with Gasteiger partial charge < -0.3 is 10.6 Å². The summed E-state index contributed by atoms with van der Waals surface area (Å²) in [6, 6.07) is 4.55. The van der Waals surface area contributed by atoms with Gasteiger partial charge in [-0.3, -0.25) is 10.1 Å². The minimum Gasteiger partial charge on any atom is -0.367 e. The van der Waals surface area contributed by atoms with Crippen LogP contribution in [0.1, 0.15) is 18.4 Å². The molecule has 0 bridgehead atoms. The van der Waals surface area contributed by atoms with Gasteiger partial charge in [-0.15, -0.1) is 0 Å². The fourth-order valence-corrected chi connectivity index (χ4v) is 2.97. The number of nitrogens with one attached hydrogen (secondary N) is 3. The van der Waals surface area contributed by atoms with Crippen LogP contribution in [0.15, 0.2) is 36.3 Å². The Morgan fingerprint density at radius 1 is 1.25 bits per heavy atom. The monoisotopic (exact) mass is 379 g/mol. The molecule has 10 heteroatoms. The quantitative estimate of drug-likeness (QED) is 0.361. The number of hydrogen-bond acceptors (Lipinski definition) is 6. The topological polar surface area (TPSA) is 113 Å². The van der Waals surface area contributed by atoms with Crippen LogP contribution in [0.2, 0.25) is 0 Å². The Morgan fingerprint density at radius 2 is 2.11 bits per heavy atom. The number of pyridine rings is 1. The van der Waals surface area contributed by atoms with Crippen LogP contribution in [0.3, 0.4) is 0 Å². The molecule has 0 atom stereocenters. The van der Waals surface area contributed by atoms with Crippen LogP contribution in [0, 0.1) is 5.95 Å². The first-order valence-corrected chi connectivity index (χ1v) is 8.68. The van der Waals surface area contributed by atoms with Gasteiger partial charge in [-0.25, -0.2) is 14.8 Å². The van der Waals surface area contributed by atoms with Crippen molar-refractivity contribution in [1.29, 1.82) is 0 Å². The summed E-state index contributed by atoms with van der Waals surface area (Å²) in [4.78, 5) is 31.3. The van der Waals surface area contributed by atoms with Crippen molar-refractivity contribution in [2.24, 2.45) is 0 Å². The average Bonchev–Trinajstić information content (AvgIpc) is 3.30. The number of fused-ring (bicyclic) bond motifs is 1. The highest BCUT2D eigenvalue weighted by atomic mass is 19.1. The molecule has 1 saturated heterocycles. The van der Waals surface area contributed by atoms with Gasteiger partial charge in [0.1, 0.15) is 11.5 Å². The number of aromatic nitrogens is 4. The molecular weight excluding hydrogens is 365 g/mol. The molecular formula is C18H14FN7O2. The number of imide groups is 1. The van der Waals surface area contributed by atoms with Crippen molar-refractivity contribution in [1.82, 2.24) is 30.2 Å². The van der Waals surface area contributed by atoms with E-state index >= 15 is 0 Å². The van der Waals surface area contributed by atoms with Gasteiger partial charge in [-0.2, -0.15) is 14.0 Å². The Balaban J connectivity index is 1.66. The standard InChI is InChI=1S/C18H14FN7O2/c19-14-6-9(3-4-20-14)12-7-15(22-11-1-2-11)26-16(23-12)10(8-21-26)5-13-17(27)25-18(28)24-13/h3-8,11,22H,1-2H2,(H2,24,25,27,28)/b13-5+. The molecule has 1 aliphatic heterocycles. The number of halogens is 1. The van der Waals surface area contributed by atoms with Crippen molar-refractivity contribution in [2.75, 3.05) is 5.32 Å². The first-order valence-electron chi connectivity index (χ1n) is 8.68. The van der Waals surface area contributed by atoms with E-state index in [4.69, 9.17) is 0 Å². The molecule has 0 spiro atoms. The number of carbonyl (C=O) groups excluding carboxylic acids is 2. The van der Waals surface area contributed by atoms with Crippen LogP contribution in [0.25, 0.3) is 23.0 Å². The molecule has 1 aliphatic carbocycles. The molecule has 2 aliphatic rings. The van der Waals surface area contributed by atoms with E-state index in [-0.39, 0.29) is 5.70 Å². The lowest BCUT2D eigenvalue weighted by atomic mass is 10.2. The molecule has 3 amide bonds. The summed E-state index contributed by atoms with van der Waals surface area (Å²) in [7, 11) is 0. The second kappa shape index (κ2) is 6.12. The van der Waals surface area contributed by atoms with Gasteiger partial charge in [0.15, 0.2) is 5.65 Å². The number of nitrogens with zero attached hydrogens (tertiary/aromatic N) is 4. The van der Waals surface area contributed by atoms with Crippen LogP contribution < -0.4 is 16.0 Å². The highest BCUT2D eigenvalue weighted by molar-refractivity contribution is 6.14. The van der Waals surface area contributed by atoms with Crippen molar-refractivity contribution >= 4 is 29.5 Å². The van der Waals surface area contributed by atoms with E-state index in [1.54, 1.807) is 22.8 Å². The summed E-state index contributed by atoms with van der Waals surface area (Å²) in [6.45, 7) is 0. The Hall–Kier alpha value is -3.82. The molecule has 0 radical (unpaired) electrons. The SMILES string of the molecule is O=C1NC(=O)/C(=C\c2cnn3c(NC4CC4)cc(-c4ccnc(F)c4)nc23)N1. The predicted octanol–water partition coefficient (Wildman–Crippen LogP) is 1.68. The Kier molecular flexibility index (Phi) is 3.57. The molecule has 5 rings (SSSR count). The lowest BCUT2D eigenvalue weighted by molar-refractivity contribution is -0.115. The van der Waals surface area contributed by atoms with Crippen LogP contribution in [-0.4, -0.2) is 37.6 Å². The van der Waals surface area contributed by atoms with Crippen molar-refractivity contribution < 1.29 is 14.0 Å². The summed E-state index contributed by atoms with van der Waals surface area (Å²) in [5.41, 5.74) is 2.23. The van der Waals surface area contributed by atoms with Gasteiger partial charge in [0.05, 0.1) is 11.9 Å².